The van der Waals surface area contributed by atoms with Crippen molar-refractivity contribution < 1.29 is 18.7 Å². The van der Waals surface area contributed by atoms with Gasteiger partial charge in [0.25, 0.3) is 0 Å². The molecular formula is C14H18FNO3. The van der Waals surface area contributed by atoms with E-state index in [1.807, 2.05) is 13.8 Å². The Morgan fingerprint density at radius 3 is 2.32 bits per heavy atom. The molecule has 0 heterocycles. The number of hydrogen-bond acceptors (Lipinski definition) is 3. The molecule has 0 saturated heterocycles. The number of carbonyl (C=O) groups is 2. The van der Waals surface area contributed by atoms with Crippen LogP contribution in [-0.2, 0) is 14.3 Å². The monoisotopic (exact) mass is 267 g/mol. The van der Waals surface area contributed by atoms with Gasteiger partial charge in [-0.25, -0.2) is 4.39 Å². The van der Waals surface area contributed by atoms with Crippen LogP contribution in [0.5, 0.6) is 0 Å². The zero-order valence-electron chi connectivity index (χ0n) is 11.4. The summed E-state index contributed by atoms with van der Waals surface area (Å²) in [6.07, 6.45) is -0.316. The zero-order valence-corrected chi connectivity index (χ0v) is 11.4. The van der Waals surface area contributed by atoms with Crippen LogP contribution >= 0.6 is 0 Å². The molecule has 1 rings (SSSR count). The van der Waals surface area contributed by atoms with Crippen molar-refractivity contribution in [2.45, 2.75) is 33.2 Å². The lowest BCUT2D eigenvalue weighted by atomic mass is 10.2. The number of esters is 1. The molecule has 0 aliphatic heterocycles. The average Bonchev–Trinajstić information content (AvgIpc) is 2.31. The van der Waals surface area contributed by atoms with Crippen molar-refractivity contribution in [3.63, 3.8) is 0 Å². The third-order valence-corrected chi connectivity index (χ3v) is 2.49. The van der Waals surface area contributed by atoms with E-state index in [-0.39, 0.29) is 30.8 Å². The van der Waals surface area contributed by atoms with Gasteiger partial charge in [-0.15, -0.1) is 0 Å². The topological polar surface area (TPSA) is 46.6 Å². The second-order valence-corrected chi connectivity index (χ2v) is 4.32. The number of nitrogens with zero attached hydrogens (tertiary/aromatic N) is 1. The Labute approximate surface area is 112 Å². The third-order valence-electron chi connectivity index (χ3n) is 2.49. The van der Waals surface area contributed by atoms with Gasteiger partial charge in [-0.2, -0.15) is 0 Å². The van der Waals surface area contributed by atoms with Gasteiger partial charge in [-0.05, 0) is 45.0 Å². The van der Waals surface area contributed by atoms with Crippen LogP contribution in [0.25, 0.3) is 0 Å². The summed E-state index contributed by atoms with van der Waals surface area (Å²) >= 11 is 0. The normalized spacial score (nSPS) is 10.4. The summed E-state index contributed by atoms with van der Waals surface area (Å²) in [6, 6.07) is 5.45. The summed E-state index contributed by atoms with van der Waals surface area (Å²) in [5, 5.41) is 0. The Morgan fingerprint density at radius 2 is 1.84 bits per heavy atom. The first-order valence-corrected chi connectivity index (χ1v) is 6.19. The van der Waals surface area contributed by atoms with Gasteiger partial charge in [0.2, 0.25) is 5.91 Å². The summed E-state index contributed by atoms with van der Waals surface area (Å²) < 4.78 is 17.6. The van der Waals surface area contributed by atoms with Crippen molar-refractivity contribution in [1.82, 2.24) is 0 Å². The molecule has 19 heavy (non-hydrogen) atoms. The quantitative estimate of drug-likeness (QED) is 0.608. The summed E-state index contributed by atoms with van der Waals surface area (Å²) in [5.74, 6) is -1.29. The SMILES string of the molecule is CCOC(=O)CC(=O)N(c1ccc(F)cc1)C(C)C. The molecule has 0 fully saturated rings. The maximum Gasteiger partial charge on any atom is 0.315 e. The van der Waals surface area contributed by atoms with Gasteiger partial charge >= 0.3 is 5.97 Å². The maximum atomic E-state index is 12.9. The molecule has 4 nitrogen and oxygen atoms in total. The van der Waals surface area contributed by atoms with Gasteiger partial charge in [-0.1, -0.05) is 0 Å². The van der Waals surface area contributed by atoms with E-state index >= 15 is 0 Å². The molecule has 0 atom stereocenters. The van der Waals surface area contributed by atoms with Crippen molar-refractivity contribution in [3.8, 4) is 0 Å². The number of rotatable bonds is 5. The molecule has 1 aromatic carbocycles. The first kappa shape index (κ1) is 15.1. The lowest BCUT2D eigenvalue weighted by Gasteiger charge is -2.26. The Balaban J connectivity index is 2.86. The number of hydrogen-bond donors (Lipinski definition) is 0. The van der Waals surface area contributed by atoms with Crippen LogP contribution in [0.15, 0.2) is 24.3 Å². The lowest BCUT2D eigenvalue weighted by Crippen LogP contribution is -2.38. The Bertz CT molecular complexity index is 443. The number of ether oxygens (including phenoxy) is 1. The van der Waals surface area contributed by atoms with E-state index in [0.717, 1.165) is 0 Å². The van der Waals surface area contributed by atoms with Crippen molar-refractivity contribution in [2.75, 3.05) is 11.5 Å². The van der Waals surface area contributed by atoms with Crippen molar-refractivity contribution >= 4 is 17.6 Å². The van der Waals surface area contributed by atoms with E-state index in [1.165, 1.54) is 29.2 Å². The molecule has 0 aliphatic carbocycles. The molecule has 1 aromatic rings. The smallest absolute Gasteiger partial charge is 0.315 e. The first-order chi connectivity index (χ1) is 8.95. The first-order valence-electron chi connectivity index (χ1n) is 6.19. The van der Waals surface area contributed by atoms with Crippen LogP contribution in [0.3, 0.4) is 0 Å². The molecule has 0 N–H and O–H groups in total. The number of anilines is 1. The van der Waals surface area contributed by atoms with Gasteiger partial charge < -0.3 is 9.64 Å². The Kier molecular flexibility index (Phi) is 5.48. The number of benzene rings is 1. The minimum atomic E-state index is -0.555. The highest BCUT2D eigenvalue weighted by atomic mass is 19.1. The predicted molar refractivity (Wildman–Crippen MR) is 70.3 cm³/mol. The van der Waals surface area contributed by atoms with E-state index in [4.69, 9.17) is 4.74 Å². The standard InChI is InChI=1S/C14H18FNO3/c1-4-19-14(18)9-13(17)16(10(2)3)12-7-5-11(15)6-8-12/h5-8,10H,4,9H2,1-3H3. The van der Waals surface area contributed by atoms with Crippen molar-refractivity contribution in [1.29, 1.82) is 0 Å². The van der Waals surface area contributed by atoms with Crippen LogP contribution in [0, 0.1) is 5.82 Å². The van der Waals surface area contributed by atoms with E-state index in [9.17, 15) is 14.0 Å². The molecule has 0 aliphatic rings. The van der Waals surface area contributed by atoms with E-state index in [1.54, 1.807) is 6.92 Å². The summed E-state index contributed by atoms with van der Waals surface area (Å²) in [7, 11) is 0. The fourth-order valence-corrected chi connectivity index (χ4v) is 1.75. The molecule has 104 valence electrons. The van der Waals surface area contributed by atoms with Crippen LogP contribution in [0.4, 0.5) is 10.1 Å². The maximum absolute atomic E-state index is 12.9. The molecular weight excluding hydrogens is 249 g/mol. The van der Waals surface area contributed by atoms with Gasteiger partial charge in [0.15, 0.2) is 0 Å². The molecule has 0 radical (unpaired) electrons. The van der Waals surface area contributed by atoms with Gasteiger partial charge in [0, 0.05) is 11.7 Å². The van der Waals surface area contributed by atoms with E-state index in [0.29, 0.717) is 5.69 Å². The van der Waals surface area contributed by atoms with Gasteiger partial charge in [0.1, 0.15) is 12.2 Å². The number of amides is 1. The Hall–Kier alpha value is -1.91. The summed E-state index contributed by atoms with van der Waals surface area (Å²) in [6.45, 7) is 5.58. The zero-order chi connectivity index (χ0) is 14.4. The number of carbonyl (C=O) groups excluding carboxylic acids is 2. The predicted octanol–water partition coefficient (Wildman–Crippen LogP) is 2.52. The van der Waals surface area contributed by atoms with Gasteiger partial charge in [-0.3, -0.25) is 9.59 Å². The minimum absolute atomic E-state index is 0.132. The van der Waals surface area contributed by atoms with Crippen molar-refractivity contribution in [3.05, 3.63) is 30.1 Å². The Morgan fingerprint density at radius 1 is 1.26 bits per heavy atom. The van der Waals surface area contributed by atoms with Crippen LogP contribution < -0.4 is 4.90 Å². The highest BCUT2D eigenvalue weighted by Gasteiger charge is 2.22. The molecule has 0 saturated carbocycles. The number of halogens is 1. The summed E-state index contributed by atoms with van der Waals surface area (Å²) in [4.78, 5) is 24.9. The fraction of sp³-hybridized carbons (Fsp3) is 0.429. The van der Waals surface area contributed by atoms with E-state index < -0.39 is 5.97 Å². The largest absolute Gasteiger partial charge is 0.466 e. The molecule has 1 amide bonds. The average molecular weight is 267 g/mol. The molecule has 5 heteroatoms. The highest BCUT2D eigenvalue weighted by Crippen LogP contribution is 2.19. The molecule has 0 spiro atoms. The second kappa shape index (κ2) is 6.87. The lowest BCUT2D eigenvalue weighted by molar-refractivity contribution is -0.145. The fourth-order valence-electron chi connectivity index (χ4n) is 1.75. The molecule has 0 bridgehead atoms. The second-order valence-electron chi connectivity index (χ2n) is 4.32. The van der Waals surface area contributed by atoms with Crippen LogP contribution in [0.1, 0.15) is 27.2 Å². The summed E-state index contributed by atoms with van der Waals surface area (Å²) in [5.41, 5.74) is 0.561. The van der Waals surface area contributed by atoms with E-state index in [2.05, 4.69) is 0 Å². The van der Waals surface area contributed by atoms with Crippen molar-refractivity contribution in [2.24, 2.45) is 0 Å². The third kappa shape index (κ3) is 4.35. The van der Waals surface area contributed by atoms with Crippen LogP contribution in [-0.4, -0.2) is 24.5 Å². The minimum Gasteiger partial charge on any atom is -0.466 e. The molecule has 0 unspecified atom stereocenters. The van der Waals surface area contributed by atoms with Crippen LogP contribution in [0.2, 0.25) is 0 Å². The van der Waals surface area contributed by atoms with Gasteiger partial charge in [0.05, 0.1) is 6.61 Å². The highest BCUT2D eigenvalue weighted by molar-refractivity contribution is 6.03. The molecule has 0 aromatic heterocycles.